The third kappa shape index (κ3) is 5.25. The molecule has 0 aliphatic rings. The average Bonchev–Trinajstić information content (AvgIpc) is 3.11. The molecule has 1 atom stereocenters. The van der Waals surface area contributed by atoms with Crippen molar-refractivity contribution in [2.45, 2.75) is 32.7 Å². The molecular weight excluding hydrogens is 288 g/mol. The summed E-state index contributed by atoms with van der Waals surface area (Å²) in [7, 11) is 0. The maximum absolute atomic E-state index is 12.1. The first-order valence-corrected chi connectivity index (χ1v) is 8.32. The highest BCUT2D eigenvalue weighted by molar-refractivity contribution is 5.76. The Labute approximate surface area is 138 Å². The summed E-state index contributed by atoms with van der Waals surface area (Å²) in [5.74, 6) is 0.915. The van der Waals surface area contributed by atoms with Crippen molar-refractivity contribution in [2.24, 2.45) is 0 Å². The van der Waals surface area contributed by atoms with Crippen LogP contribution in [-0.2, 0) is 11.2 Å². The smallest absolute Gasteiger partial charge is 0.220 e. The van der Waals surface area contributed by atoms with E-state index in [0.717, 1.165) is 18.8 Å². The van der Waals surface area contributed by atoms with E-state index in [1.165, 1.54) is 5.56 Å². The van der Waals surface area contributed by atoms with Gasteiger partial charge in [0.1, 0.15) is 5.76 Å². The number of aryl methyl sites for hydroxylation is 1. The van der Waals surface area contributed by atoms with Gasteiger partial charge < -0.3 is 9.73 Å². The van der Waals surface area contributed by atoms with E-state index in [1.54, 1.807) is 6.26 Å². The Bertz CT molecular complexity index is 562. The molecule has 0 saturated carbocycles. The quantitative estimate of drug-likeness (QED) is 0.771. The summed E-state index contributed by atoms with van der Waals surface area (Å²) in [5.41, 5.74) is 1.24. The van der Waals surface area contributed by atoms with Crippen LogP contribution in [0.15, 0.2) is 53.1 Å². The number of hydrogen-bond acceptors (Lipinski definition) is 3. The molecular formula is C19H26N2O2. The Morgan fingerprint density at radius 3 is 2.48 bits per heavy atom. The highest BCUT2D eigenvalue weighted by Gasteiger charge is 2.18. The van der Waals surface area contributed by atoms with Gasteiger partial charge in [0.25, 0.3) is 0 Å². The minimum atomic E-state index is 0.0643. The summed E-state index contributed by atoms with van der Waals surface area (Å²) in [6, 6.07) is 14.3. The minimum absolute atomic E-state index is 0.0643. The van der Waals surface area contributed by atoms with E-state index in [0.29, 0.717) is 19.4 Å². The van der Waals surface area contributed by atoms with Crippen LogP contribution in [0.2, 0.25) is 0 Å². The van der Waals surface area contributed by atoms with Crippen molar-refractivity contribution >= 4 is 5.91 Å². The van der Waals surface area contributed by atoms with E-state index in [2.05, 4.69) is 36.2 Å². The fourth-order valence-corrected chi connectivity index (χ4v) is 2.79. The zero-order chi connectivity index (χ0) is 16.5. The molecule has 1 aromatic carbocycles. The Kier molecular flexibility index (Phi) is 6.88. The predicted molar refractivity (Wildman–Crippen MR) is 92.1 cm³/mol. The average molecular weight is 314 g/mol. The molecule has 1 amide bonds. The van der Waals surface area contributed by atoms with Crippen LogP contribution in [0, 0.1) is 0 Å². The van der Waals surface area contributed by atoms with Crippen LogP contribution in [-0.4, -0.2) is 30.4 Å². The van der Waals surface area contributed by atoms with Gasteiger partial charge in [-0.1, -0.05) is 44.2 Å². The normalized spacial score (nSPS) is 12.3. The Hall–Kier alpha value is -2.07. The molecule has 0 fully saturated rings. The van der Waals surface area contributed by atoms with Crippen molar-refractivity contribution in [3.63, 3.8) is 0 Å². The molecule has 0 spiro atoms. The number of benzene rings is 1. The molecule has 1 N–H and O–H groups in total. The lowest BCUT2D eigenvalue weighted by Crippen LogP contribution is -2.38. The van der Waals surface area contributed by atoms with Gasteiger partial charge in [-0.05, 0) is 30.8 Å². The van der Waals surface area contributed by atoms with Crippen molar-refractivity contribution < 1.29 is 9.21 Å². The molecule has 124 valence electrons. The second-order valence-electron chi connectivity index (χ2n) is 5.53. The lowest BCUT2D eigenvalue weighted by atomic mass is 10.0. The first-order valence-electron chi connectivity index (χ1n) is 8.32. The molecule has 2 aromatic rings. The molecule has 0 bridgehead atoms. The van der Waals surface area contributed by atoms with Crippen LogP contribution in [0.5, 0.6) is 0 Å². The maximum Gasteiger partial charge on any atom is 0.220 e. The van der Waals surface area contributed by atoms with Gasteiger partial charge in [-0.2, -0.15) is 0 Å². The van der Waals surface area contributed by atoms with Crippen LogP contribution < -0.4 is 5.32 Å². The van der Waals surface area contributed by atoms with Crippen LogP contribution in [0.3, 0.4) is 0 Å². The van der Waals surface area contributed by atoms with E-state index >= 15 is 0 Å². The lowest BCUT2D eigenvalue weighted by Gasteiger charge is -2.30. The molecule has 1 aromatic heterocycles. The summed E-state index contributed by atoms with van der Waals surface area (Å²) < 4.78 is 5.26. The number of furan rings is 1. The summed E-state index contributed by atoms with van der Waals surface area (Å²) in [5, 5.41) is 3.07. The van der Waals surface area contributed by atoms with Gasteiger partial charge in [0.05, 0.1) is 12.3 Å². The van der Waals surface area contributed by atoms with Crippen LogP contribution in [0.4, 0.5) is 0 Å². The summed E-state index contributed by atoms with van der Waals surface area (Å²) >= 11 is 0. The van der Waals surface area contributed by atoms with E-state index < -0.39 is 0 Å². The first kappa shape index (κ1) is 17.3. The molecule has 1 unspecified atom stereocenters. The number of amides is 1. The second kappa shape index (κ2) is 9.16. The van der Waals surface area contributed by atoms with E-state index in [-0.39, 0.29) is 11.9 Å². The van der Waals surface area contributed by atoms with E-state index in [4.69, 9.17) is 4.42 Å². The Balaban J connectivity index is 1.91. The molecule has 4 heteroatoms. The van der Waals surface area contributed by atoms with Gasteiger partial charge in [0.15, 0.2) is 0 Å². The van der Waals surface area contributed by atoms with Gasteiger partial charge in [0, 0.05) is 19.4 Å². The zero-order valence-corrected chi connectivity index (χ0v) is 14.0. The van der Waals surface area contributed by atoms with Gasteiger partial charge in [0.2, 0.25) is 5.91 Å². The highest BCUT2D eigenvalue weighted by atomic mass is 16.3. The zero-order valence-electron chi connectivity index (χ0n) is 14.0. The van der Waals surface area contributed by atoms with Gasteiger partial charge in [-0.3, -0.25) is 9.69 Å². The molecule has 2 rings (SSSR count). The molecule has 4 nitrogen and oxygen atoms in total. The standard InChI is InChI=1S/C19H26N2O2/c1-3-21(4-2)18(16-9-6-5-7-10-16)15-20-19(22)13-12-17-11-8-14-23-17/h5-11,14,18H,3-4,12-13,15H2,1-2H3,(H,20,22). The van der Waals surface area contributed by atoms with Gasteiger partial charge in [-0.15, -0.1) is 0 Å². The topological polar surface area (TPSA) is 45.5 Å². The van der Waals surface area contributed by atoms with E-state index in [1.807, 2.05) is 30.3 Å². The molecule has 23 heavy (non-hydrogen) atoms. The Morgan fingerprint density at radius 1 is 1.13 bits per heavy atom. The fourth-order valence-electron chi connectivity index (χ4n) is 2.79. The second-order valence-corrected chi connectivity index (χ2v) is 5.53. The van der Waals surface area contributed by atoms with E-state index in [9.17, 15) is 4.79 Å². The number of rotatable bonds is 9. The highest BCUT2D eigenvalue weighted by Crippen LogP contribution is 2.19. The molecule has 0 radical (unpaired) electrons. The molecule has 0 aliphatic heterocycles. The molecule has 0 saturated heterocycles. The predicted octanol–water partition coefficient (Wildman–Crippen LogP) is 3.41. The summed E-state index contributed by atoms with van der Waals surface area (Å²) in [6.07, 6.45) is 2.73. The van der Waals surface area contributed by atoms with Crippen molar-refractivity contribution in [1.82, 2.24) is 10.2 Å². The number of likely N-dealkylation sites (N-methyl/N-ethyl adjacent to an activating group) is 1. The number of nitrogens with zero attached hydrogens (tertiary/aromatic N) is 1. The number of hydrogen-bond donors (Lipinski definition) is 1. The SMILES string of the molecule is CCN(CC)C(CNC(=O)CCc1ccco1)c1ccccc1. The van der Waals surface area contributed by atoms with Crippen molar-refractivity contribution in [3.8, 4) is 0 Å². The number of carbonyl (C=O) groups is 1. The lowest BCUT2D eigenvalue weighted by molar-refractivity contribution is -0.121. The van der Waals surface area contributed by atoms with Gasteiger partial charge in [-0.25, -0.2) is 0 Å². The fraction of sp³-hybridized carbons (Fsp3) is 0.421. The van der Waals surface area contributed by atoms with Crippen LogP contribution in [0.25, 0.3) is 0 Å². The van der Waals surface area contributed by atoms with Crippen molar-refractivity contribution in [1.29, 1.82) is 0 Å². The molecule has 0 aliphatic carbocycles. The van der Waals surface area contributed by atoms with Crippen LogP contribution in [0.1, 0.15) is 37.6 Å². The van der Waals surface area contributed by atoms with Crippen molar-refractivity contribution in [2.75, 3.05) is 19.6 Å². The third-order valence-electron chi connectivity index (χ3n) is 4.11. The van der Waals surface area contributed by atoms with Crippen molar-refractivity contribution in [3.05, 3.63) is 60.1 Å². The monoisotopic (exact) mass is 314 g/mol. The maximum atomic E-state index is 12.1. The van der Waals surface area contributed by atoms with Crippen LogP contribution >= 0.6 is 0 Å². The third-order valence-corrected chi connectivity index (χ3v) is 4.11. The number of nitrogens with one attached hydrogen (secondary N) is 1. The van der Waals surface area contributed by atoms with Gasteiger partial charge >= 0.3 is 0 Å². The first-order chi connectivity index (χ1) is 11.2. The Morgan fingerprint density at radius 2 is 1.87 bits per heavy atom. The number of carbonyl (C=O) groups excluding carboxylic acids is 1. The summed E-state index contributed by atoms with van der Waals surface area (Å²) in [4.78, 5) is 14.5. The largest absolute Gasteiger partial charge is 0.469 e. The minimum Gasteiger partial charge on any atom is -0.469 e. The summed E-state index contributed by atoms with van der Waals surface area (Å²) in [6.45, 7) is 6.84. The molecule has 1 heterocycles.